The summed E-state index contributed by atoms with van der Waals surface area (Å²) in [6.45, 7) is 1.86. The van der Waals surface area contributed by atoms with Crippen LogP contribution in [-0.2, 0) is 0 Å². The van der Waals surface area contributed by atoms with Crippen LogP contribution in [-0.4, -0.2) is 11.4 Å². The summed E-state index contributed by atoms with van der Waals surface area (Å²) in [5, 5.41) is 9.08. The van der Waals surface area contributed by atoms with E-state index < -0.39 is 6.29 Å². The summed E-state index contributed by atoms with van der Waals surface area (Å²) in [5.74, 6) is 0.679. The van der Waals surface area contributed by atoms with Gasteiger partial charge in [-0.1, -0.05) is 19.1 Å². The van der Waals surface area contributed by atoms with Gasteiger partial charge in [0.15, 0.2) is 6.29 Å². The molecule has 1 N–H and O–H groups in total. The van der Waals surface area contributed by atoms with Crippen molar-refractivity contribution in [1.82, 2.24) is 0 Å². The molecule has 0 amide bonds. The molecule has 0 spiro atoms. The number of benzene rings is 1. The summed E-state index contributed by atoms with van der Waals surface area (Å²) in [7, 11) is 0. The maximum Gasteiger partial charge on any atom is 0.197 e. The van der Waals surface area contributed by atoms with Crippen molar-refractivity contribution in [2.75, 3.05) is 0 Å². The Morgan fingerprint density at radius 3 is 2.73 bits per heavy atom. The van der Waals surface area contributed by atoms with Gasteiger partial charge in [-0.3, -0.25) is 0 Å². The van der Waals surface area contributed by atoms with Crippen molar-refractivity contribution in [3.05, 3.63) is 30.3 Å². The number of hydrogen-bond donors (Lipinski definition) is 1. The van der Waals surface area contributed by atoms with E-state index in [4.69, 9.17) is 9.84 Å². The van der Waals surface area contributed by atoms with E-state index in [9.17, 15) is 0 Å². The Balaban J connectivity index is 2.51. The predicted molar refractivity (Wildman–Crippen MR) is 42.2 cm³/mol. The first kappa shape index (κ1) is 8.08. The average molecular weight is 151 g/mol. The molecule has 2 heteroatoms. The lowest BCUT2D eigenvalue weighted by molar-refractivity contribution is -0.0191. The SMILES string of the molecule is CCC(O)Oc1cc[c]cc1. The number of ether oxygens (including phenoxy) is 1. The minimum absolute atomic E-state index is 0.596. The molecular formula is C9H11O2. The smallest absolute Gasteiger partial charge is 0.197 e. The standard InChI is InChI=1S/C9H11O2/c1-2-9(10)11-8-6-4-3-5-7-8/h4-7,9-10H,2H2,1H3. The zero-order valence-corrected chi connectivity index (χ0v) is 6.45. The van der Waals surface area contributed by atoms with Crippen LogP contribution < -0.4 is 4.74 Å². The molecule has 0 bridgehead atoms. The number of rotatable bonds is 3. The first-order valence-electron chi connectivity index (χ1n) is 3.63. The molecule has 0 saturated carbocycles. The Labute approximate surface area is 66.4 Å². The Morgan fingerprint density at radius 2 is 2.18 bits per heavy atom. The summed E-state index contributed by atoms with van der Waals surface area (Å²) in [6.07, 6.45) is -0.101. The third kappa shape index (κ3) is 2.60. The van der Waals surface area contributed by atoms with Crippen LogP contribution in [0.15, 0.2) is 24.3 Å². The first-order chi connectivity index (χ1) is 5.33. The molecule has 59 valence electrons. The van der Waals surface area contributed by atoms with Crippen molar-refractivity contribution in [2.24, 2.45) is 0 Å². The molecule has 0 aliphatic rings. The second kappa shape index (κ2) is 3.98. The number of hydrogen-bond acceptors (Lipinski definition) is 2. The van der Waals surface area contributed by atoms with Gasteiger partial charge in [0.25, 0.3) is 0 Å². The lowest BCUT2D eigenvalue weighted by atomic mass is 10.3. The third-order valence-electron chi connectivity index (χ3n) is 1.31. The second-order valence-electron chi connectivity index (χ2n) is 2.22. The van der Waals surface area contributed by atoms with Crippen LogP contribution in [0.1, 0.15) is 13.3 Å². The summed E-state index contributed by atoms with van der Waals surface area (Å²) in [5.41, 5.74) is 0. The molecule has 0 fully saturated rings. The van der Waals surface area contributed by atoms with Crippen molar-refractivity contribution in [1.29, 1.82) is 0 Å². The van der Waals surface area contributed by atoms with E-state index in [0.29, 0.717) is 12.2 Å². The molecule has 0 aliphatic heterocycles. The van der Waals surface area contributed by atoms with E-state index >= 15 is 0 Å². The number of aliphatic hydroxyl groups excluding tert-OH is 1. The normalized spacial score (nSPS) is 12.5. The Hall–Kier alpha value is -1.02. The van der Waals surface area contributed by atoms with Gasteiger partial charge in [0.05, 0.1) is 0 Å². The summed E-state index contributed by atoms with van der Waals surface area (Å²) in [6, 6.07) is 9.88. The van der Waals surface area contributed by atoms with Crippen LogP contribution in [0.25, 0.3) is 0 Å². The number of aliphatic hydroxyl groups is 1. The fourth-order valence-corrected chi connectivity index (χ4v) is 0.691. The Bertz CT molecular complexity index is 196. The predicted octanol–water partition coefficient (Wildman–Crippen LogP) is 1.59. The van der Waals surface area contributed by atoms with Gasteiger partial charge in [0.1, 0.15) is 5.75 Å². The third-order valence-corrected chi connectivity index (χ3v) is 1.31. The lowest BCUT2D eigenvalue weighted by Gasteiger charge is -2.10. The van der Waals surface area contributed by atoms with Gasteiger partial charge in [-0.25, -0.2) is 0 Å². The highest BCUT2D eigenvalue weighted by molar-refractivity contribution is 5.20. The molecule has 2 nitrogen and oxygen atoms in total. The molecule has 11 heavy (non-hydrogen) atoms. The minimum Gasteiger partial charge on any atom is -0.465 e. The molecule has 1 radical (unpaired) electrons. The fourth-order valence-electron chi connectivity index (χ4n) is 0.691. The molecule has 0 aliphatic carbocycles. The summed E-state index contributed by atoms with van der Waals surface area (Å²) >= 11 is 0. The molecule has 0 saturated heterocycles. The van der Waals surface area contributed by atoms with Crippen LogP contribution in [0, 0.1) is 6.07 Å². The van der Waals surface area contributed by atoms with Gasteiger partial charge in [0, 0.05) is 6.42 Å². The summed E-state index contributed by atoms with van der Waals surface area (Å²) in [4.78, 5) is 0. The van der Waals surface area contributed by atoms with E-state index in [1.165, 1.54) is 0 Å². The van der Waals surface area contributed by atoms with Crippen LogP contribution in [0.2, 0.25) is 0 Å². The summed E-state index contributed by atoms with van der Waals surface area (Å²) < 4.78 is 5.10. The average Bonchev–Trinajstić information content (AvgIpc) is 2.06. The first-order valence-corrected chi connectivity index (χ1v) is 3.63. The van der Waals surface area contributed by atoms with Crippen LogP contribution >= 0.6 is 0 Å². The Kier molecular flexibility index (Phi) is 2.93. The molecule has 1 unspecified atom stereocenters. The van der Waals surface area contributed by atoms with Crippen LogP contribution in [0.3, 0.4) is 0 Å². The van der Waals surface area contributed by atoms with Crippen LogP contribution in [0.5, 0.6) is 5.75 Å². The molecule has 1 rings (SSSR count). The van der Waals surface area contributed by atoms with Gasteiger partial charge >= 0.3 is 0 Å². The highest BCUT2D eigenvalue weighted by Gasteiger charge is 1.99. The van der Waals surface area contributed by atoms with Crippen molar-refractivity contribution >= 4 is 0 Å². The molecule has 1 aromatic rings. The topological polar surface area (TPSA) is 29.5 Å². The van der Waals surface area contributed by atoms with E-state index in [1.807, 2.05) is 6.92 Å². The molecule has 1 atom stereocenters. The highest BCUT2D eigenvalue weighted by atomic mass is 16.6. The van der Waals surface area contributed by atoms with Gasteiger partial charge < -0.3 is 9.84 Å². The molecular weight excluding hydrogens is 140 g/mol. The van der Waals surface area contributed by atoms with Gasteiger partial charge in [-0.2, -0.15) is 0 Å². The van der Waals surface area contributed by atoms with Crippen molar-refractivity contribution in [2.45, 2.75) is 19.6 Å². The van der Waals surface area contributed by atoms with Gasteiger partial charge in [0.2, 0.25) is 0 Å². The zero-order chi connectivity index (χ0) is 8.10. The van der Waals surface area contributed by atoms with E-state index in [2.05, 4.69) is 6.07 Å². The van der Waals surface area contributed by atoms with Gasteiger partial charge in [-0.15, -0.1) is 0 Å². The van der Waals surface area contributed by atoms with Crippen LogP contribution in [0.4, 0.5) is 0 Å². The van der Waals surface area contributed by atoms with E-state index in [1.54, 1.807) is 24.3 Å². The van der Waals surface area contributed by atoms with Crippen molar-refractivity contribution < 1.29 is 9.84 Å². The minimum atomic E-state index is -0.697. The second-order valence-corrected chi connectivity index (χ2v) is 2.22. The quantitative estimate of drug-likeness (QED) is 0.665. The fraction of sp³-hybridized carbons (Fsp3) is 0.333. The van der Waals surface area contributed by atoms with E-state index in [0.717, 1.165) is 0 Å². The molecule has 1 aromatic carbocycles. The molecule has 0 heterocycles. The maximum absolute atomic E-state index is 9.08. The Morgan fingerprint density at radius 1 is 1.55 bits per heavy atom. The van der Waals surface area contributed by atoms with Crippen molar-refractivity contribution in [3.63, 3.8) is 0 Å². The van der Waals surface area contributed by atoms with Crippen molar-refractivity contribution in [3.8, 4) is 5.75 Å². The lowest BCUT2D eigenvalue weighted by Crippen LogP contribution is -2.13. The maximum atomic E-state index is 9.08. The van der Waals surface area contributed by atoms with Gasteiger partial charge in [-0.05, 0) is 18.2 Å². The largest absolute Gasteiger partial charge is 0.465 e. The highest BCUT2D eigenvalue weighted by Crippen LogP contribution is 2.10. The van der Waals surface area contributed by atoms with E-state index in [-0.39, 0.29) is 0 Å². The monoisotopic (exact) mass is 151 g/mol. The zero-order valence-electron chi connectivity index (χ0n) is 6.45. The molecule has 0 aromatic heterocycles.